The summed E-state index contributed by atoms with van der Waals surface area (Å²) < 4.78 is 6.74. The van der Waals surface area contributed by atoms with Crippen molar-refractivity contribution in [2.24, 2.45) is 0 Å². The van der Waals surface area contributed by atoms with Gasteiger partial charge in [-0.1, -0.05) is 43.6 Å². The second kappa shape index (κ2) is 9.92. The summed E-state index contributed by atoms with van der Waals surface area (Å²) in [7, 11) is 0. The highest BCUT2D eigenvalue weighted by Crippen LogP contribution is 2.33. The van der Waals surface area contributed by atoms with E-state index in [-0.39, 0.29) is 29.9 Å². The van der Waals surface area contributed by atoms with Crippen molar-refractivity contribution in [3.05, 3.63) is 58.1 Å². The molecule has 1 unspecified atom stereocenters. The first kappa shape index (κ1) is 22.9. The van der Waals surface area contributed by atoms with Crippen LogP contribution in [0.2, 0.25) is 0 Å². The normalized spacial score (nSPS) is 12.2. The van der Waals surface area contributed by atoms with Gasteiger partial charge in [-0.05, 0) is 61.2 Å². The quantitative estimate of drug-likeness (QED) is 0.589. The zero-order chi connectivity index (χ0) is 21.6. The lowest BCUT2D eigenvalue weighted by Gasteiger charge is -2.23. The summed E-state index contributed by atoms with van der Waals surface area (Å²) in [6.45, 7) is 10.2. The number of ether oxygens (including phenoxy) is 1. The lowest BCUT2D eigenvalue weighted by molar-refractivity contribution is -0.118. The Balaban J connectivity index is 1.96. The monoisotopic (exact) mass is 460 g/mol. The molecule has 0 aliphatic rings. The lowest BCUT2D eigenvalue weighted by Crippen LogP contribution is -2.31. The number of amides is 2. The number of carbonyl (C=O) groups is 2. The van der Waals surface area contributed by atoms with Gasteiger partial charge in [0.05, 0.1) is 0 Å². The van der Waals surface area contributed by atoms with Crippen LogP contribution in [0.3, 0.4) is 0 Å². The molecule has 29 heavy (non-hydrogen) atoms. The van der Waals surface area contributed by atoms with Gasteiger partial charge in [0.15, 0.2) is 6.61 Å². The summed E-state index contributed by atoms with van der Waals surface area (Å²) in [5.41, 5.74) is 2.09. The van der Waals surface area contributed by atoms with Gasteiger partial charge in [0.1, 0.15) is 5.75 Å². The Bertz CT molecular complexity index is 857. The Hall–Kier alpha value is -2.34. The Labute approximate surface area is 181 Å². The first-order valence-corrected chi connectivity index (χ1v) is 10.5. The van der Waals surface area contributed by atoms with Crippen LogP contribution in [0.4, 0.5) is 5.69 Å². The van der Waals surface area contributed by atoms with Crippen LogP contribution in [0.25, 0.3) is 0 Å². The van der Waals surface area contributed by atoms with Crippen molar-refractivity contribution in [1.29, 1.82) is 0 Å². The van der Waals surface area contributed by atoms with Gasteiger partial charge >= 0.3 is 0 Å². The van der Waals surface area contributed by atoms with Crippen molar-refractivity contribution in [3.8, 4) is 5.75 Å². The SMILES string of the molecule is CCC(C)NC(=O)c1ccc(NC(=O)COc2ccc(Br)cc2C(C)(C)C)cc1. The Morgan fingerprint density at radius 3 is 2.34 bits per heavy atom. The van der Waals surface area contributed by atoms with E-state index in [9.17, 15) is 9.59 Å². The first-order valence-electron chi connectivity index (χ1n) is 9.73. The Kier molecular flexibility index (Phi) is 7.85. The third kappa shape index (κ3) is 6.89. The summed E-state index contributed by atoms with van der Waals surface area (Å²) in [6, 6.07) is 12.7. The van der Waals surface area contributed by atoms with Crippen molar-refractivity contribution in [2.75, 3.05) is 11.9 Å². The van der Waals surface area contributed by atoms with Gasteiger partial charge in [0, 0.05) is 27.3 Å². The molecule has 0 heterocycles. The fraction of sp³-hybridized carbons (Fsp3) is 0.391. The largest absolute Gasteiger partial charge is 0.483 e. The van der Waals surface area contributed by atoms with E-state index in [2.05, 4.69) is 47.3 Å². The molecule has 2 rings (SSSR count). The van der Waals surface area contributed by atoms with Crippen LogP contribution >= 0.6 is 15.9 Å². The highest BCUT2D eigenvalue weighted by molar-refractivity contribution is 9.10. The van der Waals surface area contributed by atoms with E-state index < -0.39 is 0 Å². The van der Waals surface area contributed by atoms with Crippen molar-refractivity contribution in [3.63, 3.8) is 0 Å². The van der Waals surface area contributed by atoms with Crippen molar-refractivity contribution >= 4 is 33.4 Å². The third-order valence-corrected chi connectivity index (χ3v) is 5.02. The van der Waals surface area contributed by atoms with Crippen LogP contribution in [0.5, 0.6) is 5.75 Å². The van der Waals surface area contributed by atoms with Gasteiger partial charge in [-0.15, -0.1) is 0 Å². The van der Waals surface area contributed by atoms with Gasteiger partial charge < -0.3 is 15.4 Å². The number of hydrogen-bond acceptors (Lipinski definition) is 3. The molecule has 1 atom stereocenters. The van der Waals surface area contributed by atoms with E-state index in [1.165, 1.54) is 0 Å². The molecule has 0 aliphatic carbocycles. The molecule has 0 aromatic heterocycles. The van der Waals surface area contributed by atoms with E-state index in [0.717, 1.165) is 16.5 Å². The van der Waals surface area contributed by atoms with E-state index in [4.69, 9.17) is 4.74 Å². The lowest BCUT2D eigenvalue weighted by atomic mass is 9.86. The summed E-state index contributed by atoms with van der Waals surface area (Å²) in [4.78, 5) is 24.4. The van der Waals surface area contributed by atoms with Crippen molar-refractivity contribution < 1.29 is 14.3 Å². The molecule has 0 radical (unpaired) electrons. The maximum absolute atomic E-state index is 12.3. The molecule has 156 valence electrons. The number of carbonyl (C=O) groups excluding carboxylic acids is 2. The van der Waals surface area contributed by atoms with E-state index in [1.807, 2.05) is 32.0 Å². The van der Waals surface area contributed by atoms with Gasteiger partial charge in [-0.3, -0.25) is 9.59 Å². The van der Waals surface area contributed by atoms with Crippen LogP contribution in [0.15, 0.2) is 46.9 Å². The highest BCUT2D eigenvalue weighted by Gasteiger charge is 2.20. The fourth-order valence-corrected chi connectivity index (χ4v) is 3.03. The molecule has 2 amide bonds. The molecule has 2 aromatic rings. The summed E-state index contributed by atoms with van der Waals surface area (Å²) in [5.74, 6) is 0.308. The molecule has 0 aliphatic heterocycles. The second-order valence-electron chi connectivity index (χ2n) is 8.09. The molecule has 2 aromatic carbocycles. The van der Waals surface area contributed by atoms with E-state index in [0.29, 0.717) is 17.0 Å². The van der Waals surface area contributed by atoms with Crippen LogP contribution < -0.4 is 15.4 Å². The number of anilines is 1. The van der Waals surface area contributed by atoms with E-state index >= 15 is 0 Å². The first-order chi connectivity index (χ1) is 13.6. The minimum Gasteiger partial charge on any atom is -0.483 e. The van der Waals surface area contributed by atoms with Crippen LogP contribution in [0.1, 0.15) is 57.0 Å². The summed E-state index contributed by atoms with van der Waals surface area (Å²) in [6.07, 6.45) is 0.870. The maximum atomic E-state index is 12.3. The molecule has 0 bridgehead atoms. The van der Waals surface area contributed by atoms with Crippen LogP contribution in [-0.4, -0.2) is 24.5 Å². The third-order valence-electron chi connectivity index (χ3n) is 4.53. The van der Waals surface area contributed by atoms with Gasteiger partial charge in [0.2, 0.25) is 0 Å². The van der Waals surface area contributed by atoms with Crippen LogP contribution in [0, 0.1) is 0 Å². The maximum Gasteiger partial charge on any atom is 0.262 e. The molecular formula is C23H29BrN2O3. The second-order valence-corrected chi connectivity index (χ2v) is 9.00. The number of halogens is 1. The average molecular weight is 461 g/mol. The standard InChI is InChI=1S/C23H29BrN2O3/c1-6-15(2)25-22(28)16-7-10-18(11-8-16)26-21(27)14-29-20-12-9-17(24)13-19(20)23(3,4)5/h7-13,15H,6,14H2,1-5H3,(H,25,28)(H,26,27). The zero-order valence-electron chi connectivity index (χ0n) is 17.6. The predicted molar refractivity (Wildman–Crippen MR) is 121 cm³/mol. The smallest absolute Gasteiger partial charge is 0.262 e. The Morgan fingerprint density at radius 2 is 1.76 bits per heavy atom. The van der Waals surface area contributed by atoms with Gasteiger partial charge in [-0.25, -0.2) is 0 Å². The minimum atomic E-state index is -0.260. The van der Waals surface area contributed by atoms with E-state index in [1.54, 1.807) is 24.3 Å². The average Bonchev–Trinajstić information content (AvgIpc) is 2.66. The number of benzene rings is 2. The molecule has 0 spiro atoms. The summed E-state index contributed by atoms with van der Waals surface area (Å²) in [5, 5.41) is 5.71. The number of nitrogens with one attached hydrogen (secondary N) is 2. The molecule has 5 nitrogen and oxygen atoms in total. The predicted octanol–water partition coefficient (Wildman–Crippen LogP) is 5.29. The molecule has 0 fully saturated rings. The van der Waals surface area contributed by atoms with Gasteiger partial charge in [0.25, 0.3) is 11.8 Å². The molecule has 0 saturated heterocycles. The molecule has 2 N–H and O–H groups in total. The van der Waals surface area contributed by atoms with Crippen molar-refractivity contribution in [1.82, 2.24) is 5.32 Å². The topological polar surface area (TPSA) is 67.4 Å². The summed E-state index contributed by atoms with van der Waals surface area (Å²) >= 11 is 3.48. The molecule has 6 heteroatoms. The highest BCUT2D eigenvalue weighted by atomic mass is 79.9. The van der Waals surface area contributed by atoms with Crippen LogP contribution in [-0.2, 0) is 10.2 Å². The fourth-order valence-electron chi connectivity index (χ4n) is 2.67. The molecule has 0 saturated carbocycles. The van der Waals surface area contributed by atoms with Crippen molar-refractivity contribution in [2.45, 2.75) is 52.5 Å². The Morgan fingerprint density at radius 1 is 1.10 bits per heavy atom. The van der Waals surface area contributed by atoms with Gasteiger partial charge in [-0.2, -0.15) is 0 Å². The number of hydrogen-bond donors (Lipinski definition) is 2. The molecular weight excluding hydrogens is 432 g/mol. The number of rotatable bonds is 7. The zero-order valence-corrected chi connectivity index (χ0v) is 19.2. The minimum absolute atomic E-state index is 0.0963.